The normalized spacial score (nSPS) is 53.1. The Morgan fingerprint density at radius 1 is 1.12 bits per heavy atom. The second-order valence-electron chi connectivity index (χ2n) is 9.19. The molecule has 3 heteroatoms. The molecule has 0 aromatic rings. The Labute approximate surface area is 147 Å². The van der Waals surface area contributed by atoms with Gasteiger partial charge >= 0.3 is 0 Å². The van der Waals surface area contributed by atoms with Crippen LogP contribution in [0.15, 0.2) is 23.8 Å². The minimum atomic E-state index is -0.258. The predicted molar refractivity (Wildman–Crippen MR) is 98.7 cm³/mol. The molecule has 134 valence electrons. The fourth-order valence-corrected chi connectivity index (χ4v) is 6.87. The van der Waals surface area contributed by atoms with Gasteiger partial charge in [0.1, 0.15) is 0 Å². The van der Waals surface area contributed by atoms with Crippen LogP contribution in [-0.4, -0.2) is 37.4 Å². The summed E-state index contributed by atoms with van der Waals surface area (Å²) in [5, 5.41) is 17.4. The zero-order valence-corrected chi connectivity index (χ0v) is 15.7. The van der Waals surface area contributed by atoms with E-state index in [-0.39, 0.29) is 11.5 Å². The van der Waals surface area contributed by atoms with E-state index < -0.39 is 0 Å². The molecule has 0 aromatic heterocycles. The standard InChI is InChI=1S/C21H34N2O/c1-20-9-7-14(24)11-13(20)12-17(22-3)19-15-5-6-18(23-4)21(15,2)10-8-16(19)20/h7-9,13-15,17-19,22-24H,5-6,10-12H2,1-4H3/t13?,14-,15-,17-,18-,19-,20-,21-/m0/s1. The third-order valence-electron chi connectivity index (χ3n) is 8.32. The molecule has 0 spiro atoms. The van der Waals surface area contributed by atoms with Crippen molar-refractivity contribution in [2.24, 2.45) is 28.6 Å². The molecule has 8 atom stereocenters. The van der Waals surface area contributed by atoms with Gasteiger partial charge in [0.2, 0.25) is 0 Å². The van der Waals surface area contributed by atoms with E-state index in [2.05, 4.69) is 50.7 Å². The van der Waals surface area contributed by atoms with Crippen molar-refractivity contribution in [2.75, 3.05) is 14.1 Å². The highest BCUT2D eigenvalue weighted by atomic mass is 16.3. The smallest absolute Gasteiger partial charge is 0.0724 e. The number of fused-ring (bicyclic) bond motifs is 5. The Bertz CT molecular complexity index is 570. The second kappa shape index (κ2) is 5.69. The van der Waals surface area contributed by atoms with E-state index in [1.54, 1.807) is 5.57 Å². The first-order valence-corrected chi connectivity index (χ1v) is 9.86. The lowest BCUT2D eigenvalue weighted by Crippen LogP contribution is -2.56. The van der Waals surface area contributed by atoms with Gasteiger partial charge in [-0.1, -0.05) is 37.6 Å². The van der Waals surface area contributed by atoms with Crippen molar-refractivity contribution in [2.45, 2.75) is 64.1 Å². The van der Waals surface area contributed by atoms with Crippen LogP contribution in [0.25, 0.3) is 0 Å². The van der Waals surface area contributed by atoms with Gasteiger partial charge in [-0.15, -0.1) is 0 Å². The van der Waals surface area contributed by atoms with Gasteiger partial charge in [0, 0.05) is 17.5 Å². The fraction of sp³-hybridized carbons (Fsp3) is 0.810. The summed E-state index contributed by atoms with van der Waals surface area (Å²) in [5.74, 6) is 1.97. The van der Waals surface area contributed by atoms with Crippen LogP contribution >= 0.6 is 0 Å². The largest absolute Gasteiger partial charge is 0.389 e. The van der Waals surface area contributed by atoms with E-state index >= 15 is 0 Å². The lowest BCUT2D eigenvalue weighted by atomic mass is 9.49. The van der Waals surface area contributed by atoms with Crippen LogP contribution in [0, 0.1) is 28.6 Å². The van der Waals surface area contributed by atoms with Crippen LogP contribution in [0.1, 0.15) is 46.0 Å². The van der Waals surface area contributed by atoms with Crippen molar-refractivity contribution in [3.63, 3.8) is 0 Å². The molecule has 0 aromatic carbocycles. The van der Waals surface area contributed by atoms with E-state index in [4.69, 9.17) is 0 Å². The van der Waals surface area contributed by atoms with Crippen LogP contribution in [0.4, 0.5) is 0 Å². The predicted octanol–water partition coefficient (Wildman–Crippen LogP) is 2.87. The highest BCUT2D eigenvalue weighted by Crippen LogP contribution is 2.62. The van der Waals surface area contributed by atoms with Gasteiger partial charge in [0.15, 0.2) is 0 Å². The van der Waals surface area contributed by atoms with E-state index in [1.807, 2.05) is 6.08 Å². The molecular weight excluding hydrogens is 296 g/mol. The van der Waals surface area contributed by atoms with Crippen molar-refractivity contribution in [3.8, 4) is 0 Å². The SMILES string of the molecule is CN[C@H]1CC2C[C@@H](O)C=C[C@]2(C)C2=CC[C@]3(C)[C@@H](NC)CC[C@H]3[C@@H]21. The Balaban J connectivity index is 1.78. The minimum Gasteiger partial charge on any atom is -0.389 e. The van der Waals surface area contributed by atoms with Gasteiger partial charge < -0.3 is 15.7 Å². The van der Waals surface area contributed by atoms with Crippen LogP contribution in [-0.2, 0) is 0 Å². The summed E-state index contributed by atoms with van der Waals surface area (Å²) < 4.78 is 0. The van der Waals surface area contributed by atoms with Gasteiger partial charge in [-0.05, 0) is 69.4 Å². The monoisotopic (exact) mass is 330 g/mol. The summed E-state index contributed by atoms with van der Waals surface area (Å²) in [5.41, 5.74) is 2.20. The van der Waals surface area contributed by atoms with Crippen molar-refractivity contribution < 1.29 is 5.11 Å². The van der Waals surface area contributed by atoms with E-state index in [1.165, 1.54) is 25.7 Å². The topological polar surface area (TPSA) is 44.3 Å². The summed E-state index contributed by atoms with van der Waals surface area (Å²) in [6.07, 6.45) is 12.7. The molecule has 0 aliphatic heterocycles. The zero-order valence-electron chi connectivity index (χ0n) is 15.7. The quantitative estimate of drug-likeness (QED) is 0.682. The molecule has 1 unspecified atom stereocenters. The van der Waals surface area contributed by atoms with Crippen molar-refractivity contribution in [1.82, 2.24) is 10.6 Å². The first-order chi connectivity index (χ1) is 11.4. The Morgan fingerprint density at radius 3 is 2.62 bits per heavy atom. The molecule has 0 bridgehead atoms. The van der Waals surface area contributed by atoms with Gasteiger partial charge in [-0.2, -0.15) is 0 Å². The average molecular weight is 331 g/mol. The molecule has 0 heterocycles. The summed E-state index contributed by atoms with van der Waals surface area (Å²) >= 11 is 0. The maximum absolute atomic E-state index is 10.1. The minimum absolute atomic E-state index is 0.149. The van der Waals surface area contributed by atoms with Gasteiger partial charge in [0.25, 0.3) is 0 Å². The lowest BCUT2D eigenvalue weighted by molar-refractivity contribution is 0.0328. The molecule has 2 fully saturated rings. The second-order valence-corrected chi connectivity index (χ2v) is 9.19. The maximum atomic E-state index is 10.1. The number of aliphatic hydroxyl groups excluding tert-OH is 1. The molecule has 0 saturated heterocycles. The van der Waals surface area contributed by atoms with Gasteiger partial charge in [-0.3, -0.25) is 0 Å². The highest BCUT2D eigenvalue weighted by Gasteiger charge is 2.58. The van der Waals surface area contributed by atoms with E-state index in [0.717, 1.165) is 12.3 Å². The number of hydrogen-bond acceptors (Lipinski definition) is 3. The van der Waals surface area contributed by atoms with Crippen molar-refractivity contribution >= 4 is 0 Å². The van der Waals surface area contributed by atoms with Crippen LogP contribution in [0.2, 0.25) is 0 Å². The van der Waals surface area contributed by atoms with Gasteiger partial charge in [-0.25, -0.2) is 0 Å². The molecule has 3 N–H and O–H groups in total. The van der Waals surface area contributed by atoms with E-state index in [9.17, 15) is 5.11 Å². The Kier molecular flexibility index (Phi) is 3.98. The third kappa shape index (κ3) is 2.14. The number of hydrogen-bond donors (Lipinski definition) is 3. The van der Waals surface area contributed by atoms with Crippen molar-refractivity contribution in [1.29, 1.82) is 0 Å². The molecular formula is C21H34N2O. The van der Waals surface area contributed by atoms with Gasteiger partial charge in [0.05, 0.1) is 6.10 Å². The third-order valence-corrected chi connectivity index (χ3v) is 8.32. The highest BCUT2D eigenvalue weighted by molar-refractivity contribution is 5.36. The summed E-state index contributed by atoms with van der Waals surface area (Å²) in [4.78, 5) is 0. The first kappa shape index (κ1) is 16.8. The molecule has 3 nitrogen and oxygen atoms in total. The maximum Gasteiger partial charge on any atom is 0.0724 e. The van der Waals surface area contributed by atoms with Crippen LogP contribution in [0.5, 0.6) is 0 Å². The molecule has 4 aliphatic carbocycles. The summed E-state index contributed by atoms with van der Waals surface area (Å²) in [6.45, 7) is 4.94. The molecule has 2 saturated carbocycles. The molecule has 24 heavy (non-hydrogen) atoms. The van der Waals surface area contributed by atoms with Crippen LogP contribution < -0.4 is 10.6 Å². The van der Waals surface area contributed by atoms with Crippen molar-refractivity contribution in [3.05, 3.63) is 23.8 Å². The molecule has 4 aliphatic rings. The molecule has 0 radical (unpaired) electrons. The van der Waals surface area contributed by atoms with E-state index in [0.29, 0.717) is 29.3 Å². The molecule has 0 amide bonds. The average Bonchev–Trinajstić information content (AvgIpc) is 2.91. The number of allylic oxidation sites excluding steroid dienone is 2. The van der Waals surface area contributed by atoms with Crippen LogP contribution in [0.3, 0.4) is 0 Å². The number of aliphatic hydroxyl groups is 1. The lowest BCUT2D eigenvalue weighted by Gasteiger charge is -2.57. The fourth-order valence-electron chi connectivity index (χ4n) is 6.87. The summed E-state index contributed by atoms with van der Waals surface area (Å²) in [6, 6.07) is 1.19. The summed E-state index contributed by atoms with van der Waals surface area (Å²) in [7, 11) is 4.27. The number of nitrogens with one attached hydrogen (secondary N) is 2. The Morgan fingerprint density at radius 2 is 1.92 bits per heavy atom. The Hall–Kier alpha value is -0.640. The molecule has 4 rings (SSSR count). The zero-order chi connectivity index (χ0) is 17.1. The first-order valence-electron chi connectivity index (χ1n) is 9.86. The number of rotatable bonds is 2.